The van der Waals surface area contributed by atoms with Gasteiger partial charge >= 0.3 is 0 Å². The highest BCUT2D eigenvalue weighted by atomic mass is 19.1. The number of benzene rings is 1. The van der Waals surface area contributed by atoms with E-state index in [9.17, 15) is 18.4 Å². The van der Waals surface area contributed by atoms with Crippen molar-refractivity contribution in [1.29, 1.82) is 5.41 Å². The van der Waals surface area contributed by atoms with Gasteiger partial charge in [0, 0.05) is 24.0 Å². The Morgan fingerprint density at radius 2 is 2.07 bits per heavy atom. The van der Waals surface area contributed by atoms with Crippen molar-refractivity contribution in [3.8, 4) is 11.3 Å². The third kappa shape index (κ3) is 4.64. The molecule has 0 spiro atoms. The molecule has 1 aromatic carbocycles. The first kappa shape index (κ1) is 22.1. The fraction of sp³-hybridized carbons (Fsp3) is 0.333. The fourth-order valence-corrected chi connectivity index (χ4v) is 2.87. The summed E-state index contributed by atoms with van der Waals surface area (Å²) in [7, 11) is 1.57. The average molecular weight is 402 g/mol. The van der Waals surface area contributed by atoms with E-state index in [1.165, 1.54) is 36.7 Å². The quantitative estimate of drug-likeness (QED) is 0.395. The summed E-state index contributed by atoms with van der Waals surface area (Å²) >= 11 is 0. The first-order valence-corrected chi connectivity index (χ1v) is 9.07. The zero-order valence-corrected chi connectivity index (χ0v) is 16.8. The number of amides is 1. The van der Waals surface area contributed by atoms with Crippen LogP contribution in [0, 0.1) is 17.1 Å². The summed E-state index contributed by atoms with van der Waals surface area (Å²) in [5.74, 6) is -2.99. The Bertz CT molecular complexity index is 979. The Balaban J connectivity index is 2.32. The first-order chi connectivity index (χ1) is 13.5. The van der Waals surface area contributed by atoms with Crippen LogP contribution in [-0.4, -0.2) is 27.2 Å². The van der Waals surface area contributed by atoms with Crippen molar-refractivity contribution in [2.75, 3.05) is 5.32 Å². The number of ketones is 1. The maximum absolute atomic E-state index is 14.7. The van der Waals surface area contributed by atoms with E-state index in [-0.39, 0.29) is 29.1 Å². The molecule has 0 aliphatic rings. The van der Waals surface area contributed by atoms with E-state index in [2.05, 4.69) is 17.0 Å². The van der Waals surface area contributed by atoms with Gasteiger partial charge in [0.05, 0.1) is 5.69 Å². The summed E-state index contributed by atoms with van der Waals surface area (Å²) in [5.41, 5.74) is -1.08. The topological polar surface area (TPSA) is 87.8 Å². The lowest BCUT2D eigenvalue weighted by Gasteiger charge is -2.15. The number of halogens is 2. The number of hydrogen-bond donors (Lipinski definition) is 2. The van der Waals surface area contributed by atoms with Crippen molar-refractivity contribution in [3.05, 3.63) is 48.4 Å². The third-order valence-electron chi connectivity index (χ3n) is 4.67. The van der Waals surface area contributed by atoms with E-state index in [4.69, 9.17) is 5.41 Å². The second-order valence-electron chi connectivity index (χ2n) is 6.92. The van der Waals surface area contributed by atoms with E-state index in [1.54, 1.807) is 14.0 Å². The third-order valence-corrected chi connectivity index (χ3v) is 4.67. The molecule has 0 saturated carbocycles. The molecule has 2 rings (SSSR count). The molecule has 154 valence electrons. The van der Waals surface area contributed by atoms with Gasteiger partial charge in [-0.15, -0.1) is 0 Å². The van der Waals surface area contributed by atoms with Crippen LogP contribution < -0.4 is 5.32 Å². The van der Waals surface area contributed by atoms with Crippen molar-refractivity contribution >= 4 is 23.1 Å². The van der Waals surface area contributed by atoms with Crippen molar-refractivity contribution in [2.24, 2.45) is 13.0 Å². The highest BCUT2D eigenvalue weighted by Gasteiger charge is 2.28. The van der Waals surface area contributed by atoms with Crippen molar-refractivity contribution in [2.45, 2.75) is 32.9 Å². The number of rotatable bonds is 8. The van der Waals surface area contributed by atoms with Crippen LogP contribution in [0.3, 0.4) is 0 Å². The van der Waals surface area contributed by atoms with Crippen LogP contribution in [0.4, 0.5) is 14.5 Å². The lowest BCUT2D eigenvalue weighted by molar-refractivity contribution is -0.127. The molecule has 0 aliphatic heterocycles. The molecule has 2 N–H and O–H groups in total. The molecule has 0 fully saturated rings. The number of carbonyl (C=O) groups is 2. The molecule has 2 unspecified atom stereocenters. The first-order valence-electron chi connectivity index (χ1n) is 9.07. The number of aromatic nitrogens is 2. The largest absolute Gasteiger partial charge is 0.325 e. The number of carbonyl (C=O) groups excluding carboxylic acids is 2. The number of nitrogens with zero attached hydrogens (tertiary/aromatic N) is 2. The molecule has 0 aliphatic carbocycles. The number of alkyl halides is 1. The van der Waals surface area contributed by atoms with Gasteiger partial charge < -0.3 is 10.7 Å². The Labute approximate surface area is 168 Å². The molecular formula is C21H24F2N4O2. The summed E-state index contributed by atoms with van der Waals surface area (Å²) < 4.78 is 30.5. The second-order valence-corrected chi connectivity index (χ2v) is 6.92. The number of hydrogen-bond acceptors (Lipinski definition) is 4. The predicted octanol–water partition coefficient (Wildman–Crippen LogP) is 4.17. The van der Waals surface area contributed by atoms with Crippen LogP contribution in [0.1, 0.15) is 32.9 Å². The maximum Gasteiger partial charge on any atom is 0.240 e. The van der Waals surface area contributed by atoms with E-state index in [1.807, 2.05) is 0 Å². The molecule has 1 heterocycles. The molecule has 0 bridgehead atoms. The summed E-state index contributed by atoms with van der Waals surface area (Å²) in [4.78, 5) is 24.1. The maximum atomic E-state index is 14.7. The number of aryl methyl sites for hydroxylation is 1. The molecule has 1 amide bonds. The zero-order valence-electron chi connectivity index (χ0n) is 16.8. The van der Waals surface area contributed by atoms with Crippen LogP contribution in [0.15, 0.2) is 36.9 Å². The van der Waals surface area contributed by atoms with Crippen LogP contribution in [-0.2, 0) is 22.3 Å². The Morgan fingerprint density at radius 3 is 2.59 bits per heavy atom. The van der Waals surface area contributed by atoms with Gasteiger partial charge in [-0.25, -0.2) is 8.78 Å². The molecule has 2 aromatic rings. The van der Waals surface area contributed by atoms with Crippen molar-refractivity contribution in [1.82, 2.24) is 9.78 Å². The smallest absolute Gasteiger partial charge is 0.240 e. The summed E-state index contributed by atoms with van der Waals surface area (Å²) in [6.45, 7) is 7.66. The SMILES string of the molecule is C=CC(C)(F)c1cc(-c2ccc(NC(=O)C(C(=N)CC)C(C)=O)cc2F)n(C)n1. The van der Waals surface area contributed by atoms with E-state index in [0.717, 1.165) is 12.1 Å². The van der Waals surface area contributed by atoms with Crippen LogP contribution in [0.5, 0.6) is 0 Å². The van der Waals surface area contributed by atoms with Crippen molar-refractivity contribution < 1.29 is 18.4 Å². The van der Waals surface area contributed by atoms with Crippen LogP contribution in [0.2, 0.25) is 0 Å². The lowest BCUT2D eigenvalue weighted by Crippen LogP contribution is -2.34. The number of nitrogens with one attached hydrogen (secondary N) is 2. The normalized spacial score (nSPS) is 14.0. The van der Waals surface area contributed by atoms with E-state index < -0.39 is 29.1 Å². The number of anilines is 1. The monoisotopic (exact) mass is 402 g/mol. The predicted molar refractivity (Wildman–Crippen MR) is 108 cm³/mol. The molecule has 2 atom stereocenters. The molecule has 8 heteroatoms. The average Bonchev–Trinajstić information content (AvgIpc) is 3.03. The zero-order chi connectivity index (χ0) is 21.9. The minimum Gasteiger partial charge on any atom is -0.325 e. The molecule has 6 nitrogen and oxygen atoms in total. The fourth-order valence-electron chi connectivity index (χ4n) is 2.87. The van der Waals surface area contributed by atoms with Gasteiger partial charge in [0.15, 0.2) is 5.67 Å². The van der Waals surface area contributed by atoms with E-state index in [0.29, 0.717) is 5.69 Å². The van der Waals surface area contributed by atoms with Gasteiger partial charge in [-0.1, -0.05) is 13.5 Å². The summed E-state index contributed by atoms with van der Waals surface area (Å²) in [6, 6.07) is 5.45. The highest BCUT2D eigenvalue weighted by Crippen LogP contribution is 2.31. The standard InChI is InChI=1S/C21H24F2N4O2/c1-6-16(24)19(12(3)28)20(29)25-13-8-9-14(15(22)10-13)17-11-18(26-27(17)5)21(4,23)7-2/h7-11,19,24H,2,6H2,1,3-5H3,(H,25,29). The molecular weight excluding hydrogens is 378 g/mol. The Hall–Kier alpha value is -3.16. The van der Waals surface area contributed by atoms with Gasteiger partial charge in [0.2, 0.25) is 5.91 Å². The number of allylic oxidation sites excluding steroid dienone is 1. The highest BCUT2D eigenvalue weighted by molar-refractivity contribution is 6.22. The lowest BCUT2D eigenvalue weighted by atomic mass is 9.96. The van der Waals surface area contributed by atoms with Gasteiger partial charge in [-0.2, -0.15) is 5.10 Å². The van der Waals surface area contributed by atoms with E-state index >= 15 is 0 Å². The van der Waals surface area contributed by atoms with Crippen LogP contribution >= 0.6 is 0 Å². The molecule has 0 radical (unpaired) electrons. The van der Waals surface area contributed by atoms with Crippen molar-refractivity contribution in [3.63, 3.8) is 0 Å². The summed E-state index contributed by atoms with van der Waals surface area (Å²) in [5, 5.41) is 14.4. The second kappa shape index (κ2) is 8.46. The van der Waals surface area contributed by atoms with Gasteiger partial charge in [-0.05, 0) is 50.6 Å². The number of Topliss-reactive ketones (excluding diaryl/α,β-unsaturated/α-hetero) is 1. The molecule has 29 heavy (non-hydrogen) atoms. The minimum absolute atomic E-state index is 0.00834. The summed E-state index contributed by atoms with van der Waals surface area (Å²) in [6.07, 6.45) is 1.37. The minimum atomic E-state index is -1.86. The molecule has 1 aromatic heterocycles. The van der Waals surface area contributed by atoms with Gasteiger partial charge in [-0.3, -0.25) is 14.3 Å². The van der Waals surface area contributed by atoms with Gasteiger partial charge in [0.1, 0.15) is 23.2 Å². The van der Waals surface area contributed by atoms with Crippen LogP contribution in [0.25, 0.3) is 11.3 Å². The Kier molecular flexibility index (Phi) is 6.46. The Morgan fingerprint density at radius 1 is 1.41 bits per heavy atom. The van der Waals surface area contributed by atoms with Gasteiger partial charge in [0.25, 0.3) is 0 Å². The molecule has 0 saturated heterocycles.